The van der Waals surface area contributed by atoms with Crippen molar-refractivity contribution in [2.75, 3.05) is 26.7 Å². The van der Waals surface area contributed by atoms with Gasteiger partial charge in [-0.1, -0.05) is 74.1 Å². The van der Waals surface area contributed by atoms with Crippen LogP contribution in [0.25, 0.3) is 10.2 Å². The molecule has 10 heteroatoms. The van der Waals surface area contributed by atoms with Crippen LogP contribution < -0.4 is 16.8 Å². The normalized spacial score (nSPS) is 13.8. The number of hydrogen-bond acceptors (Lipinski definition) is 7. The molecule has 0 saturated carbocycles. The first kappa shape index (κ1) is 40.9. The lowest BCUT2D eigenvalue weighted by molar-refractivity contribution is -0.122. The Labute approximate surface area is 273 Å². The third-order valence-corrected chi connectivity index (χ3v) is 7.71. The van der Waals surface area contributed by atoms with E-state index in [9.17, 15) is 9.59 Å². The third kappa shape index (κ3) is 20.0. The van der Waals surface area contributed by atoms with Crippen LogP contribution in [-0.2, 0) is 20.8 Å². The van der Waals surface area contributed by atoms with E-state index in [4.69, 9.17) is 22.1 Å². The monoisotopic (exact) mass is 645 g/mol. The van der Waals surface area contributed by atoms with Gasteiger partial charge in [0.05, 0.1) is 15.2 Å². The van der Waals surface area contributed by atoms with E-state index in [1.807, 2.05) is 50.1 Å². The second-order valence-corrected chi connectivity index (χ2v) is 11.4. The third-order valence-electron chi connectivity index (χ3n) is 6.40. The molecule has 0 aliphatic carbocycles. The van der Waals surface area contributed by atoms with Gasteiger partial charge in [0.15, 0.2) is 0 Å². The fourth-order valence-corrected chi connectivity index (χ4v) is 5.55. The van der Waals surface area contributed by atoms with Crippen LogP contribution in [0.2, 0.25) is 5.02 Å². The lowest BCUT2D eigenvalue weighted by Gasteiger charge is -2.25. The zero-order valence-electron chi connectivity index (χ0n) is 26.5. The highest BCUT2D eigenvalue weighted by atomic mass is 35.5. The summed E-state index contributed by atoms with van der Waals surface area (Å²) >= 11 is 7.69. The molecule has 1 aromatic carbocycles. The summed E-state index contributed by atoms with van der Waals surface area (Å²) in [4.78, 5) is 37.7. The molecule has 8 nitrogen and oxygen atoms in total. The second-order valence-electron chi connectivity index (χ2n) is 9.89. The number of nitrogens with two attached hydrogens (primary N) is 2. The van der Waals surface area contributed by atoms with Crippen molar-refractivity contribution in [2.24, 2.45) is 11.5 Å². The molecule has 2 amide bonds. The van der Waals surface area contributed by atoms with Gasteiger partial charge in [-0.15, -0.1) is 11.3 Å². The first-order valence-electron chi connectivity index (χ1n) is 15.2. The van der Waals surface area contributed by atoms with E-state index >= 15 is 0 Å². The number of piperidine rings is 1. The number of carbonyl (C=O) groups is 3. The average Bonchev–Trinajstić information content (AvgIpc) is 3.44. The van der Waals surface area contributed by atoms with Gasteiger partial charge in [0.1, 0.15) is 6.79 Å². The fraction of sp³-hybridized carbons (Fsp3) is 0.471. The second kappa shape index (κ2) is 27.4. The molecule has 244 valence electrons. The lowest BCUT2D eigenvalue weighted by atomic mass is 10.1. The molecule has 1 unspecified atom stereocenters. The highest BCUT2D eigenvalue weighted by Crippen LogP contribution is 2.26. The zero-order valence-corrected chi connectivity index (χ0v) is 28.1. The molecule has 0 radical (unpaired) electrons. The SMILES string of the molecule is C=C/C=C\C=C/CCC(C/C=C/CN1CCCCC1)NC(=O)CCc1nc2ccc(Cl)cc2s1.C=O.CCCC(N)=O.CN. The summed E-state index contributed by atoms with van der Waals surface area (Å²) in [5.74, 6) is -0.125. The van der Waals surface area contributed by atoms with E-state index in [0.29, 0.717) is 24.3 Å². The number of thiazole rings is 1. The predicted octanol–water partition coefficient (Wildman–Crippen LogP) is 6.54. The summed E-state index contributed by atoms with van der Waals surface area (Å²) in [6, 6.07) is 5.85. The number of nitrogens with one attached hydrogen (secondary N) is 1. The fourth-order valence-electron chi connectivity index (χ4n) is 4.31. The summed E-state index contributed by atoms with van der Waals surface area (Å²) in [5, 5.41) is 4.94. The number of carbonyl (C=O) groups excluding carboxylic acids is 3. The minimum atomic E-state index is -0.211. The van der Waals surface area contributed by atoms with Crippen molar-refractivity contribution in [3.05, 3.63) is 77.3 Å². The van der Waals surface area contributed by atoms with Crippen LogP contribution in [0.15, 0.2) is 67.3 Å². The molecule has 1 aliphatic rings. The topological polar surface area (TPSA) is 131 Å². The summed E-state index contributed by atoms with van der Waals surface area (Å²) in [7, 11) is 1.50. The summed E-state index contributed by atoms with van der Waals surface area (Å²) < 4.78 is 1.07. The Morgan fingerprint density at radius 3 is 2.45 bits per heavy atom. The van der Waals surface area contributed by atoms with E-state index in [2.05, 4.69) is 45.7 Å². The van der Waals surface area contributed by atoms with Crippen molar-refractivity contribution in [1.82, 2.24) is 15.2 Å². The molecule has 3 rings (SSSR count). The van der Waals surface area contributed by atoms with Gasteiger partial charge in [-0.3, -0.25) is 14.5 Å². The molecule has 5 N–H and O–H groups in total. The number of hydrogen-bond donors (Lipinski definition) is 3. The molecule has 0 spiro atoms. The molecule has 1 atom stereocenters. The van der Waals surface area contributed by atoms with Crippen LogP contribution in [0, 0.1) is 0 Å². The van der Waals surface area contributed by atoms with Crippen molar-refractivity contribution in [2.45, 2.75) is 77.2 Å². The summed E-state index contributed by atoms with van der Waals surface area (Å²) in [6.07, 6.45) is 23.4. The molecule has 44 heavy (non-hydrogen) atoms. The van der Waals surface area contributed by atoms with E-state index in [0.717, 1.165) is 47.5 Å². The number of benzene rings is 1. The van der Waals surface area contributed by atoms with Crippen LogP contribution in [0.4, 0.5) is 0 Å². The van der Waals surface area contributed by atoms with Gasteiger partial charge < -0.3 is 21.6 Å². The van der Waals surface area contributed by atoms with Crippen molar-refractivity contribution >= 4 is 51.8 Å². The summed E-state index contributed by atoms with van der Waals surface area (Å²) in [6.45, 7) is 11.0. The number of fused-ring (bicyclic) bond motifs is 1. The Balaban J connectivity index is 0.00000163. The van der Waals surface area contributed by atoms with Gasteiger partial charge in [-0.05, 0) is 76.9 Å². The average molecular weight is 646 g/mol. The number of amides is 2. The Kier molecular flexibility index (Phi) is 25.5. The first-order chi connectivity index (χ1) is 21.4. The first-order valence-corrected chi connectivity index (χ1v) is 16.4. The molecule has 1 aliphatic heterocycles. The predicted molar refractivity (Wildman–Crippen MR) is 188 cm³/mol. The highest BCUT2D eigenvalue weighted by molar-refractivity contribution is 7.18. The molecule has 2 heterocycles. The number of halogens is 1. The number of nitrogens with zero attached hydrogens (tertiary/aromatic N) is 2. The number of aryl methyl sites for hydroxylation is 1. The van der Waals surface area contributed by atoms with Crippen LogP contribution in [0.5, 0.6) is 0 Å². The molecule has 2 aromatic rings. The number of allylic oxidation sites excluding steroid dienone is 5. The van der Waals surface area contributed by atoms with Gasteiger partial charge in [0.25, 0.3) is 0 Å². The molecule has 1 fully saturated rings. The highest BCUT2D eigenvalue weighted by Gasteiger charge is 2.13. The lowest BCUT2D eigenvalue weighted by Crippen LogP contribution is -2.34. The minimum absolute atomic E-state index is 0.0854. The van der Waals surface area contributed by atoms with Crippen LogP contribution in [0.1, 0.15) is 69.7 Å². The van der Waals surface area contributed by atoms with Gasteiger partial charge in [0, 0.05) is 36.9 Å². The smallest absolute Gasteiger partial charge is 0.220 e. The van der Waals surface area contributed by atoms with Crippen LogP contribution >= 0.6 is 22.9 Å². The van der Waals surface area contributed by atoms with Crippen molar-refractivity contribution < 1.29 is 14.4 Å². The maximum Gasteiger partial charge on any atom is 0.220 e. The quantitative estimate of drug-likeness (QED) is 0.149. The molecular weight excluding hydrogens is 594 g/mol. The van der Waals surface area contributed by atoms with Crippen molar-refractivity contribution in [3.63, 3.8) is 0 Å². The number of primary amides is 1. The number of likely N-dealkylation sites (tertiary alicyclic amines) is 1. The summed E-state index contributed by atoms with van der Waals surface area (Å²) in [5.41, 5.74) is 10.2. The zero-order chi connectivity index (χ0) is 33.0. The van der Waals surface area contributed by atoms with Crippen molar-refractivity contribution in [3.8, 4) is 0 Å². The van der Waals surface area contributed by atoms with Gasteiger partial charge in [-0.25, -0.2) is 4.98 Å². The van der Waals surface area contributed by atoms with E-state index < -0.39 is 0 Å². The Hall–Kier alpha value is -3.11. The van der Waals surface area contributed by atoms with Gasteiger partial charge in [0.2, 0.25) is 11.8 Å². The van der Waals surface area contributed by atoms with E-state index in [1.54, 1.807) is 17.4 Å². The largest absolute Gasteiger partial charge is 0.370 e. The minimum Gasteiger partial charge on any atom is -0.370 e. The number of rotatable bonds is 15. The molecule has 1 saturated heterocycles. The van der Waals surface area contributed by atoms with Crippen molar-refractivity contribution in [1.29, 1.82) is 0 Å². The Morgan fingerprint density at radius 2 is 1.82 bits per heavy atom. The number of aromatic nitrogens is 1. The van der Waals surface area contributed by atoms with E-state index in [-0.39, 0.29) is 17.9 Å². The Morgan fingerprint density at radius 1 is 1.09 bits per heavy atom. The molecule has 0 bridgehead atoms. The van der Waals surface area contributed by atoms with Gasteiger partial charge in [-0.2, -0.15) is 0 Å². The Bertz CT molecular complexity index is 1160. The standard InChI is InChI=1S/C28H36ClN3OS.C4H9NO.CH5N.CH2O/c1-2-3-4-5-6-8-13-24(14-9-12-21-32-19-10-7-11-20-32)30-27(33)17-18-28-31-25-16-15-23(29)22-26(25)34-28;1-2-3-4(5)6;2*1-2/h2-6,9,12,15-16,22,24H,1,7-8,10-11,13-14,17-21H2,(H,30,33);2-3H2,1H3,(H2,5,6);2H2,1H3;1H2/b4-3-,6-5-,12-9+;;;. The maximum absolute atomic E-state index is 12.7. The van der Waals surface area contributed by atoms with E-state index in [1.165, 1.54) is 39.4 Å². The molecule has 1 aromatic heterocycles. The van der Waals surface area contributed by atoms with Gasteiger partial charge >= 0.3 is 0 Å². The van der Waals surface area contributed by atoms with Crippen LogP contribution in [0.3, 0.4) is 0 Å². The maximum atomic E-state index is 12.7. The molecular formula is C34H52ClN5O3S. The van der Waals surface area contributed by atoms with Crippen LogP contribution in [-0.4, -0.2) is 61.2 Å².